The minimum Gasteiger partial charge on any atom is -0.329 e. The van der Waals surface area contributed by atoms with Gasteiger partial charge in [0.2, 0.25) is 0 Å². The fraction of sp³-hybridized carbons (Fsp3) is 1.00. The van der Waals surface area contributed by atoms with E-state index in [1.165, 1.54) is 0 Å². The molecule has 6 N–H and O–H groups in total. The molecule has 0 amide bonds. The first kappa shape index (κ1) is 11.8. The molecule has 0 saturated heterocycles. The van der Waals surface area contributed by atoms with Gasteiger partial charge in [0.05, 0.1) is 0 Å². The molecule has 0 rings (SSSR count). The van der Waals surface area contributed by atoms with Crippen molar-refractivity contribution in [3.63, 3.8) is 0 Å². The Kier molecular flexibility index (Phi) is 8.81. The van der Waals surface area contributed by atoms with Gasteiger partial charge in [0.15, 0.2) is 0 Å². The predicted octanol–water partition coefficient (Wildman–Crippen LogP) is -1.28. The van der Waals surface area contributed by atoms with E-state index in [9.17, 15) is 0 Å². The summed E-state index contributed by atoms with van der Waals surface area (Å²) in [4.78, 5) is 0. The van der Waals surface area contributed by atoms with Crippen LogP contribution in [0.4, 0.5) is 0 Å². The van der Waals surface area contributed by atoms with Crippen LogP contribution in [0.25, 0.3) is 0 Å². The molecule has 0 aromatic carbocycles. The normalized spacial score (nSPS) is 11.0. The van der Waals surface area contributed by atoms with Crippen molar-refractivity contribution in [2.24, 2.45) is 17.4 Å². The van der Waals surface area contributed by atoms with Gasteiger partial charge in [-0.1, -0.05) is 6.92 Å². The summed E-state index contributed by atoms with van der Waals surface area (Å²) in [5, 5.41) is 6.53. The Morgan fingerprint density at radius 2 is 1.42 bits per heavy atom. The van der Waals surface area contributed by atoms with E-state index in [1.807, 2.05) is 0 Å². The predicted molar refractivity (Wildman–Crippen MR) is 53.0 cm³/mol. The van der Waals surface area contributed by atoms with Crippen molar-refractivity contribution in [1.82, 2.24) is 10.6 Å². The molecule has 0 aromatic heterocycles. The van der Waals surface area contributed by atoms with Crippen molar-refractivity contribution >= 4 is 0 Å². The van der Waals surface area contributed by atoms with Crippen LogP contribution in [0.2, 0.25) is 0 Å². The summed E-state index contributed by atoms with van der Waals surface area (Å²) in [6, 6.07) is 0. The Hall–Kier alpha value is -0.160. The van der Waals surface area contributed by atoms with Gasteiger partial charge < -0.3 is 22.1 Å². The van der Waals surface area contributed by atoms with E-state index in [0.29, 0.717) is 19.0 Å². The number of nitrogens with two attached hydrogens (primary N) is 2. The van der Waals surface area contributed by atoms with Gasteiger partial charge in [-0.05, 0) is 19.0 Å². The SMILES string of the molecule is CC(CNCCN)CNCCN. The van der Waals surface area contributed by atoms with E-state index in [-0.39, 0.29) is 0 Å². The summed E-state index contributed by atoms with van der Waals surface area (Å²) in [6.45, 7) is 7.48. The summed E-state index contributed by atoms with van der Waals surface area (Å²) < 4.78 is 0. The van der Waals surface area contributed by atoms with Crippen LogP contribution in [0, 0.1) is 5.92 Å². The van der Waals surface area contributed by atoms with Crippen molar-refractivity contribution < 1.29 is 0 Å². The fourth-order valence-electron chi connectivity index (χ4n) is 0.973. The van der Waals surface area contributed by atoms with Crippen molar-refractivity contribution in [1.29, 1.82) is 0 Å². The number of rotatable bonds is 8. The van der Waals surface area contributed by atoms with Gasteiger partial charge in [0, 0.05) is 26.2 Å². The molecule has 4 nitrogen and oxygen atoms in total. The number of hydrogen-bond acceptors (Lipinski definition) is 4. The van der Waals surface area contributed by atoms with E-state index in [4.69, 9.17) is 11.5 Å². The van der Waals surface area contributed by atoms with Gasteiger partial charge >= 0.3 is 0 Å². The first-order chi connectivity index (χ1) is 5.81. The van der Waals surface area contributed by atoms with Crippen LogP contribution in [-0.2, 0) is 0 Å². The first-order valence-corrected chi connectivity index (χ1v) is 4.62. The average Bonchev–Trinajstić information content (AvgIpc) is 2.06. The molecule has 4 heteroatoms. The van der Waals surface area contributed by atoms with Gasteiger partial charge in [-0.25, -0.2) is 0 Å². The van der Waals surface area contributed by atoms with E-state index < -0.39 is 0 Å². The van der Waals surface area contributed by atoms with Crippen LogP contribution in [-0.4, -0.2) is 39.3 Å². The molecule has 0 saturated carbocycles. The van der Waals surface area contributed by atoms with Crippen LogP contribution in [0.15, 0.2) is 0 Å². The summed E-state index contributed by atoms with van der Waals surface area (Å²) >= 11 is 0. The van der Waals surface area contributed by atoms with E-state index in [1.54, 1.807) is 0 Å². The molecule has 0 aliphatic carbocycles. The van der Waals surface area contributed by atoms with Crippen LogP contribution in [0.5, 0.6) is 0 Å². The van der Waals surface area contributed by atoms with Crippen molar-refractivity contribution in [2.45, 2.75) is 6.92 Å². The van der Waals surface area contributed by atoms with Gasteiger partial charge in [-0.15, -0.1) is 0 Å². The first-order valence-electron chi connectivity index (χ1n) is 4.62. The highest BCUT2D eigenvalue weighted by molar-refractivity contribution is 4.60. The molecule has 0 heterocycles. The zero-order valence-electron chi connectivity index (χ0n) is 7.97. The van der Waals surface area contributed by atoms with Gasteiger partial charge in [0.1, 0.15) is 0 Å². The molecule has 0 spiro atoms. The molecular formula is C8H22N4. The molecular weight excluding hydrogens is 152 g/mol. The van der Waals surface area contributed by atoms with E-state index in [2.05, 4.69) is 17.6 Å². The largest absolute Gasteiger partial charge is 0.329 e. The highest BCUT2D eigenvalue weighted by Gasteiger charge is 1.98. The van der Waals surface area contributed by atoms with Crippen molar-refractivity contribution in [3.8, 4) is 0 Å². The lowest BCUT2D eigenvalue weighted by Crippen LogP contribution is -2.33. The Morgan fingerprint density at radius 3 is 1.75 bits per heavy atom. The Bertz CT molecular complexity index is 77.1. The van der Waals surface area contributed by atoms with E-state index >= 15 is 0 Å². The Morgan fingerprint density at radius 1 is 1.00 bits per heavy atom. The third-order valence-electron chi connectivity index (χ3n) is 1.63. The van der Waals surface area contributed by atoms with Gasteiger partial charge in [-0.2, -0.15) is 0 Å². The molecule has 0 aromatic rings. The fourth-order valence-corrected chi connectivity index (χ4v) is 0.973. The molecule has 0 bridgehead atoms. The Balaban J connectivity index is 3.04. The molecule has 74 valence electrons. The van der Waals surface area contributed by atoms with Crippen LogP contribution < -0.4 is 22.1 Å². The molecule has 0 radical (unpaired) electrons. The summed E-state index contributed by atoms with van der Waals surface area (Å²) in [7, 11) is 0. The quantitative estimate of drug-likeness (QED) is 0.346. The molecule has 0 fully saturated rings. The van der Waals surface area contributed by atoms with E-state index in [0.717, 1.165) is 26.2 Å². The monoisotopic (exact) mass is 174 g/mol. The van der Waals surface area contributed by atoms with Crippen molar-refractivity contribution in [3.05, 3.63) is 0 Å². The lowest BCUT2D eigenvalue weighted by molar-refractivity contribution is 0.479. The average molecular weight is 174 g/mol. The van der Waals surface area contributed by atoms with Gasteiger partial charge in [-0.3, -0.25) is 0 Å². The molecule has 0 unspecified atom stereocenters. The minimum absolute atomic E-state index is 0.642. The third-order valence-corrected chi connectivity index (χ3v) is 1.63. The second-order valence-electron chi connectivity index (χ2n) is 3.09. The second kappa shape index (κ2) is 8.93. The highest BCUT2D eigenvalue weighted by atomic mass is 14.9. The number of hydrogen-bond donors (Lipinski definition) is 4. The topological polar surface area (TPSA) is 76.1 Å². The lowest BCUT2D eigenvalue weighted by Gasteiger charge is -2.12. The molecule has 0 aliphatic rings. The summed E-state index contributed by atoms with van der Waals surface area (Å²) in [6.07, 6.45) is 0. The van der Waals surface area contributed by atoms with Crippen molar-refractivity contribution in [2.75, 3.05) is 39.3 Å². The third kappa shape index (κ3) is 7.94. The lowest BCUT2D eigenvalue weighted by atomic mass is 10.2. The van der Waals surface area contributed by atoms with Gasteiger partial charge in [0.25, 0.3) is 0 Å². The maximum absolute atomic E-state index is 5.34. The maximum Gasteiger partial charge on any atom is 0.00746 e. The summed E-state index contributed by atoms with van der Waals surface area (Å²) in [5.74, 6) is 0.642. The standard InChI is InChI=1S/C8H22N4/c1-8(6-11-4-2-9)7-12-5-3-10/h8,11-12H,2-7,9-10H2,1H3. The zero-order chi connectivity index (χ0) is 9.23. The Labute approximate surface area is 75.1 Å². The maximum atomic E-state index is 5.34. The summed E-state index contributed by atoms with van der Waals surface area (Å²) in [5.41, 5.74) is 10.7. The smallest absolute Gasteiger partial charge is 0.00746 e. The highest BCUT2D eigenvalue weighted by Crippen LogP contribution is 1.87. The van der Waals surface area contributed by atoms with Crippen LogP contribution in [0.3, 0.4) is 0 Å². The number of nitrogens with one attached hydrogen (secondary N) is 2. The zero-order valence-corrected chi connectivity index (χ0v) is 7.97. The second-order valence-corrected chi connectivity index (χ2v) is 3.09. The molecule has 0 atom stereocenters. The molecule has 12 heavy (non-hydrogen) atoms. The minimum atomic E-state index is 0.642. The van der Waals surface area contributed by atoms with Crippen LogP contribution >= 0.6 is 0 Å². The van der Waals surface area contributed by atoms with Crippen LogP contribution in [0.1, 0.15) is 6.92 Å². The molecule has 0 aliphatic heterocycles.